The summed E-state index contributed by atoms with van der Waals surface area (Å²) in [7, 11) is 0. The third-order valence-corrected chi connectivity index (χ3v) is 8.20. The minimum absolute atomic E-state index is 0.0777. The molecule has 46 heavy (non-hydrogen) atoms. The van der Waals surface area contributed by atoms with E-state index in [1.165, 1.54) is 89.9 Å². The first-order chi connectivity index (χ1) is 22.7. The number of unbranched alkanes of at least 4 members (excludes halogenated alkanes) is 16. The fourth-order valence-electron chi connectivity index (χ4n) is 5.26. The lowest BCUT2D eigenvalue weighted by atomic mass is 10.0. The zero-order valence-electron chi connectivity index (χ0n) is 30.1. The van der Waals surface area contributed by atoms with Crippen LogP contribution in [0.1, 0.15) is 168 Å². The highest BCUT2D eigenvalue weighted by molar-refractivity contribution is 5.76. The second kappa shape index (κ2) is 37.3. The molecule has 0 fully saturated rings. The van der Waals surface area contributed by atoms with Gasteiger partial charge in [-0.05, 0) is 64.2 Å². The van der Waals surface area contributed by atoms with Crippen molar-refractivity contribution in [3.8, 4) is 0 Å². The van der Waals surface area contributed by atoms with Crippen LogP contribution in [0, 0.1) is 0 Å². The van der Waals surface area contributed by atoms with Crippen LogP contribution in [0.2, 0.25) is 0 Å². The SMILES string of the molecule is CC/C=C\C/C=C\C/C=C\C/C=C\C/C=C\CCCCCCCCCCCC(=O)NC(CO)C(O)/C=C/CCCCCCCCC. The van der Waals surface area contributed by atoms with Gasteiger partial charge in [-0.25, -0.2) is 0 Å². The first kappa shape index (κ1) is 43.8. The Morgan fingerprint density at radius 1 is 0.543 bits per heavy atom. The first-order valence-electron chi connectivity index (χ1n) is 19.2. The summed E-state index contributed by atoms with van der Waals surface area (Å²) >= 11 is 0. The maximum absolute atomic E-state index is 12.3. The van der Waals surface area contributed by atoms with Crippen LogP contribution in [0.4, 0.5) is 0 Å². The molecular weight excluding hydrogens is 566 g/mol. The Hall–Kier alpha value is -2.17. The number of hydrogen-bond donors (Lipinski definition) is 3. The van der Waals surface area contributed by atoms with E-state index in [0.717, 1.165) is 57.8 Å². The molecule has 0 saturated carbocycles. The van der Waals surface area contributed by atoms with Crippen molar-refractivity contribution >= 4 is 5.91 Å². The topological polar surface area (TPSA) is 69.6 Å². The number of rotatable bonds is 33. The summed E-state index contributed by atoms with van der Waals surface area (Å²) in [6.07, 6.45) is 52.8. The first-order valence-corrected chi connectivity index (χ1v) is 19.2. The summed E-state index contributed by atoms with van der Waals surface area (Å²) < 4.78 is 0. The Morgan fingerprint density at radius 2 is 0.957 bits per heavy atom. The molecule has 0 spiro atoms. The minimum atomic E-state index is -0.842. The Balaban J connectivity index is 3.61. The quantitative estimate of drug-likeness (QED) is 0.0494. The van der Waals surface area contributed by atoms with Gasteiger partial charge in [-0.15, -0.1) is 0 Å². The lowest BCUT2D eigenvalue weighted by Gasteiger charge is -2.20. The molecule has 0 aromatic carbocycles. The van der Waals surface area contributed by atoms with Gasteiger partial charge < -0.3 is 15.5 Å². The number of amides is 1. The van der Waals surface area contributed by atoms with Gasteiger partial charge in [0.1, 0.15) is 0 Å². The molecule has 2 unspecified atom stereocenters. The van der Waals surface area contributed by atoms with Gasteiger partial charge in [-0.2, -0.15) is 0 Å². The molecule has 0 heterocycles. The summed E-state index contributed by atoms with van der Waals surface area (Å²) in [5.41, 5.74) is 0. The number of allylic oxidation sites excluding steroid dienone is 11. The van der Waals surface area contributed by atoms with Crippen molar-refractivity contribution < 1.29 is 15.0 Å². The summed E-state index contributed by atoms with van der Waals surface area (Å²) in [6, 6.07) is -0.626. The van der Waals surface area contributed by atoms with E-state index in [-0.39, 0.29) is 12.5 Å². The van der Waals surface area contributed by atoms with Crippen LogP contribution in [0.25, 0.3) is 0 Å². The van der Waals surface area contributed by atoms with E-state index >= 15 is 0 Å². The molecule has 3 N–H and O–H groups in total. The minimum Gasteiger partial charge on any atom is -0.394 e. The number of aliphatic hydroxyl groups is 2. The molecule has 0 rings (SSSR count). The molecule has 0 aromatic rings. The molecule has 0 aliphatic heterocycles. The average Bonchev–Trinajstić information content (AvgIpc) is 3.06. The maximum atomic E-state index is 12.3. The highest BCUT2D eigenvalue weighted by atomic mass is 16.3. The number of carbonyl (C=O) groups is 1. The molecule has 0 radical (unpaired) electrons. The van der Waals surface area contributed by atoms with Crippen molar-refractivity contribution in [1.29, 1.82) is 0 Å². The molecule has 0 bridgehead atoms. The lowest BCUT2D eigenvalue weighted by Crippen LogP contribution is -2.45. The van der Waals surface area contributed by atoms with E-state index in [2.05, 4.69) is 79.9 Å². The maximum Gasteiger partial charge on any atom is 0.220 e. The highest BCUT2D eigenvalue weighted by Gasteiger charge is 2.17. The van der Waals surface area contributed by atoms with E-state index in [0.29, 0.717) is 6.42 Å². The van der Waals surface area contributed by atoms with E-state index in [4.69, 9.17) is 0 Å². The molecule has 2 atom stereocenters. The van der Waals surface area contributed by atoms with Crippen LogP contribution < -0.4 is 5.32 Å². The predicted molar refractivity (Wildman–Crippen MR) is 202 cm³/mol. The highest BCUT2D eigenvalue weighted by Crippen LogP contribution is 2.12. The van der Waals surface area contributed by atoms with Gasteiger partial charge in [0.2, 0.25) is 5.91 Å². The van der Waals surface area contributed by atoms with Gasteiger partial charge in [0.25, 0.3) is 0 Å². The molecular formula is C42H73NO3. The third kappa shape index (κ3) is 33.2. The van der Waals surface area contributed by atoms with Crippen molar-refractivity contribution in [3.63, 3.8) is 0 Å². The van der Waals surface area contributed by atoms with E-state index in [1.54, 1.807) is 6.08 Å². The Kier molecular flexibility index (Phi) is 35.5. The summed E-state index contributed by atoms with van der Waals surface area (Å²) in [5, 5.41) is 22.8. The number of carbonyl (C=O) groups excluding carboxylic acids is 1. The van der Waals surface area contributed by atoms with Crippen LogP contribution in [-0.4, -0.2) is 34.9 Å². The standard InChI is InChI=1S/C42H73NO3/c1-3-5-7-9-11-13-14-15-16-17-18-19-20-21-22-23-24-25-26-27-28-30-32-34-36-38-42(46)43-40(39-44)41(45)37-35-33-31-29-12-10-8-6-4-2/h5,7,11,13,15-16,18-19,21-22,35,37,40-41,44-45H,3-4,6,8-10,12,14,17,20,23-34,36,38-39H2,1-2H3,(H,43,46)/b7-5-,13-11-,16-15-,19-18-,22-21-,37-35+. The van der Waals surface area contributed by atoms with Crippen molar-refractivity contribution in [2.24, 2.45) is 0 Å². The smallest absolute Gasteiger partial charge is 0.220 e. The van der Waals surface area contributed by atoms with Crippen molar-refractivity contribution in [1.82, 2.24) is 5.32 Å². The molecule has 4 nitrogen and oxygen atoms in total. The normalized spacial score (nSPS) is 13.9. The largest absolute Gasteiger partial charge is 0.394 e. The van der Waals surface area contributed by atoms with Crippen molar-refractivity contribution in [3.05, 3.63) is 72.9 Å². The van der Waals surface area contributed by atoms with Gasteiger partial charge in [0, 0.05) is 6.42 Å². The Labute approximate surface area is 285 Å². The summed E-state index contributed by atoms with van der Waals surface area (Å²) in [4.78, 5) is 12.3. The van der Waals surface area contributed by atoms with Crippen molar-refractivity contribution in [2.45, 2.75) is 180 Å². The molecule has 0 aliphatic rings. The molecule has 0 saturated heterocycles. The number of aliphatic hydroxyl groups excluding tert-OH is 2. The second-order valence-corrected chi connectivity index (χ2v) is 12.6. The van der Waals surface area contributed by atoms with Gasteiger partial charge in [0.05, 0.1) is 18.8 Å². The predicted octanol–water partition coefficient (Wildman–Crippen LogP) is 11.6. The van der Waals surface area contributed by atoms with Crippen molar-refractivity contribution in [2.75, 3.05) is 6.61 Å². The molecule has 4 heteroatoms. The van der Waals surface area contributed by atoms with E-state index < -0.39 is 12.1 Å². The fourth-order valence-corrected chi connectivity index (χ4v) is 5.26. The van der Waals surface area contributed by atoms with Gasteiger partial charge >= 0.3 is 0 Å². The third-order valence-electron chi connectivity index (χ3n) is 8.20. The Morgan fingerprint density at radius 3 is 1.43 bits per heavy atom. The Bertz CT molecular complexity index is 823. The van der Waals surface area contributed by atoms with Crippen LogP contribution in [0.5, 0.6) is 0 Å². The molecule has 264 valence electrons. The van der Waals surface area contributed by atoms with Crippen LogP contribution >= 0.6 is 0 Å². The van der Waals surface area contributed by atoms with E-state index in [1.807, 2.05) is 6.08 Å². The van der Waals surface area contributed by atoms with Crippen LogP contribution in [0.15, 0.2) is 72.9 Å². The fraction of sp³-hybridized carbons (Fsp3) is 0.690. The number of hydrogen-bond acceptors (Lipinski definition) is 3. The zero-order valence-corrected chi connectivity index (χ0v) is 30.1. The average molecular weight is 640 g/mol. The van der Waals surface area contributed by atoms with Gasteiger partial charge in [-0.1, -0.05) is 170 Å². The van der Waals surface area contributed by atoms with Crippen LogP contribution in [-0.2, 0) is 4.79 Å². The molecule has 1 amide bonds. The number of nitrogens with one attached hydrogen (secondary N) is 1. The molecule has 0 aromatic heterocycles. The monoisotopic (exact) mass is 640 g/mol. The van der Waals surface area contributed by atoms with Crippen LogP contribution in [0.3, 0.4) is 0 Å². The second-order valence-electron chi connectivity index (χ2n) is 12.6. The zero-order chi connectivity index (χ0) is 33.6. The van der Waals surface area contributed by atoms with E-state index in [9.17, 15) is 15.0 Å². The van der Waals surface area contributed by atoms with Gasteiger partial charge in [-0.3, -0.25) is 4.79 Å². The van der Waals surface area contributed by atoms with Gasteiger partial charge in [0.15, 0.2) is 0 Å². The summed E-state index contributed by atoms with van der Waals surface area (Å²) in [5.74, 6) is -0.0777. The lowest BCUT2D eigenvalue weighted by molar-refractivity contribution is -0.123. The molecule has 0 aliphatic carbocycles. The summed E-state index contributed by atoms with van der Waals surface area (Å²) in [6.45, 7) is 4.14.